The Balaban J connectivity index is 1.49. The highest BCUT2D eigenvalue weighted by Gasteiger charge is 2.49. The van der Waals surface area contributed by atoms with Gasteiger partial charge in [-0.25, -0.2) is 17.5 Å². The Hall–Kier alpha value is -3.18. The molecule has 0 saturated carbocycles. The number of nitrogens with zero attached hydrogens (tertiary/aromatic N) is 6. The molecule has 1 saturated heterocycles. The van der Waals surface area contributed by atoms with Gasteiger partial charge in [-0.05, 0) is 62.1 Å². The van der Waals surface area contributed by atoms with E-state index in [0.717, 1.165) is 23.3 Å². The van der Waals surface area contributed by atoms with E-state index < -0.39 is 15.4 Å². The van der Waals surface area contributed by atoms with Crippen LogP contribution in [0.15, 0.2) is 47.3 Å². The van der Waals surface area contributed by atoms with Crippen LogP contribution in [0.5, 0.6) is 0 Å². The first-order valence-corrected chi connectivity index (χ1v) is 12.6. The van der Waals surface area contributed by atoms with Crippen LogP contribution in [0.2, 0.25) is 0 Å². The molecular formula is C23H25FN6O3S. The number of halogens is 1. The first-order valence-electron chi connectivity index (χ1n) is 11.2. The minimum atomic E-state index is -3.90. The number of Topliss-reactive ketones (excluding diaryl/α,β-unsaturated/α-hetero) is 1. The van der Waals surface area contributed by atoms with E-state index in [2.05, 4.69) is 15.4 Å². The second-order valence-electron chi connectivity index (χ2n) is 8.84. The largest absolute Gasteiger partial charge is 0.299 e. The highest BCUT2D eigenvalue weighted by Crippen LogP contribution is 2.45. The molecule has 1 aliphatic carbocycles. The Labute approximate surface area is 196 Å². The van der Waals surface area contributed by atoms with Gasteiger partial charge in [-0.15, -0.1) is 5.10 Å². The molecule has 11 heteroatoms. The van der Waals surface area contributed by atoms with Crippen molar-refractivity contribution in [3.05, 3.63) is 59.3 Å². The lowest BCUT2D eigenvalue weighted by Gasteiger charge is -2.44. The van der Waals surface area contributed by atoms with E-state index in [0.29, 0.717) is 25.1 Å². The first-order chi connectivity index (χ1) is 16.2. The van der Waals surface area contributed by atoms with Gasteiger partial charge in [0.15, 0.2) is 0 Å². The number of fused-ring (bicyclic) bond motifs is 2. The third-order valence-electron chi connectivity index (χ3n) is 6.70. The van der Waals surface area contributed by atoms with Gasteiger partial charge in [-0.3, -0.25) is 9.48 Å². The smallest absolute Gasteiger partial charge is 0.264 e. The molecule has 9 nitrogen and oxygen atoms in total. The maximum absolute atomic E-state index is 13.4. The maximum Gasteiger partial charge on any atom is 0.264 e. The van der Waals surface area contributed by atoms with E-state index in [1.54, 1.807) is 23.0 Å². The first kappa shape index (κ1) is 22.6. The number of sulfonamides is 1. The summed E-state index contributed by atoms with van der Waals surface area (Å²) in [5, 5.41) is 12.2. The van der Waals surface area contributed by atoms with Gasteiger partial charge in [0.25, 0.3) is 10.0 Å². The summed E-state index contributed by atoms with van der Waals surface area (Å²) in [6.07, 6.45) is 6.64. The molecule has 1 aromatic carbocycles. The number of carbonyl (C=O) groups excluding carboxylic acids is 1. The number of aryl methyl sites for hydroxylation is 1. The topological polar surface area (TPSA) is 103 Å². The van der Waals surface area contributed by atoms with Crippen LogP contribution < -0.4 is 0 Å². The van der Waals surface area contributed by atoms with Crippen molar-refractivity contribution in [3.8, 4) is 5.69 Å². The average Bonchev–Trinajstić information content (AvgIpc) is 3.45. The molecule has 1 aliphatic heterocycles. The van der Waals surface area contributed by atoms with Crippen molar-refractivity contribution in [2.75, 3.05) is 13.1 Å². The second-order valence-corrected chi connectivity index (χ2v) is 10.7. The Morgan fingerprint density at radius 2 is 2.00 bits per heavy atom. The van der Waals surface area contributed by atoms with E-state index in [4.69, 9.17) is 0 Å². The normalized spacial score (nSPS) is 20.5. The molecule has 3 aromatic rings. The number of benzene rings is 1. The lowest BCUT2D eigenvalue weighted by atomic mass is 9.66. The molecular weight excluding hydrogens is 459 g/mol. The summed E-state index contributed by atoms with van der Waals surface area (Å²) in [7, 11) is -3.90. The quantitative estimate of drug-likeness (QED) is 0.533. The molecule has 3 heterocycles. The summed E-state index contributed by atoms with van der Waals surface area (Å²) in [4.78, 5) is 13.0. The summed E-state index contributed by atoms with van der Waals surface area (Å²) < 4.78 is 44.6. The molecule has 0 amide bonds. The summed E-state index contributed by atoms with van der Waals surface area (Å²) in [6.45, 7) is 4.34. The van der Waals surface area contributed by atoms with Gasteiger partial charge in [0.2, 0.25) is 5.03 Å². The molecule has 2 aliphatic rings. The molecule has 5 rings (SSSR count). The zero-order valence-corrected chi connectivity index (χ0v) is 19.8. The molecule has 1 fully saturated rings. The van der Waals surface area contributed by atoms with E-state index in [1.165, 1.54) is 34.2 Å². The third kappa shape index (κ3) is 3.59. The van der Waals surface area contributed by atoms with Crippen LogP contribution in [-0.2, 0) is 27.8 Å². The number of aromatic nitrogens is 5. The average molecular weight is 485 g/mol. The Morgan fingerprint density at radius 3 is 2.71 bits per heavy atom. The van der Waals surface area contributed by atoms with Crippen molar-refractivity contribution in [2.24, 2.45) is 5.41 Å². The van der Waals surface area contributed by atoms with Crippen LogP contribution >= 0.6 is 0 Å². The fraction of sp³-hybridized carbons (Fsp3) is 0.391. The van der Waals surface area contributed by atoms with Gasteiger partial charge in [0.05, 0.1) is 29.2 Å². The zero-order chi connectivity index (χ0) is 24.1. The van der Waals surface area contributed by atoms with Crippen LogP contribution in [0.25, 0.3) is 11.8 Å². The number of hydrogen-bond acceptors (Lipinski definition) is 6. The van der Waals surface area contributed by atoms with Gasteiger partial charge in [-0.2, -0.15) is 9.40 Å². The number of hydrogen-bond donors (Lipinski definition) is 0. The summed E-state index contributed by atoms with van der Waals surface area (Å²) in [5.74, 6) is -0.421. The van der Waals surface area contributed by atoms with Crippen LogP contribution in [0, 0.1) is 11.2 Å². The zero-order valence-electron chi connectivity index (χ0n) is 19.0. The molecule has 34 heavy (non-hydrogen) atoms. The van der Waals surface area contributed by atoms with E-state index in [1.807, 2.05) is 13.0 Å². The number of rotatable bonds is 6. The van der Waals surface area contributed by atoms with E-state index in [9.17, 15) is 17.6 Å². The van der Waals surface area contributed by atoms with Crippen molar-refractivity contribution in [3.63, 3.8) is 0 Å². The third-order valence-corrected chi connectivity index (χ3v) is 8.41. The summed E-state index contributed by atoms with van der Waals surface area (Å²) >= 11 is 0. The molecule has 0 radical (unpaired) electrons. The molecule has 0 bridgehead atoms. The van der Waals surface area contributed by atoms with Crippen LogP contribution in [0.3, 0.4) is 0 Å². The Kier molecular flexibility index (Phi) is 5.48. The lowest BCUT2D eigenvalue weighted by molar-refractivity contribution is -0.125. The molecule has 0 unspecified atom stereocenters. The minimum absolute atomic E-state index is 0.0400. The minimum Gasteiger partial charge on any atom is -0.299 e. The lowest BCUT2D eigenvalue weighted by Crippen LogP contribution is -2.52. The molecule has 0 N–H and O–H groups in total. The monoisotopic (exact) mass is 484 g/mol. The fourth-order valence-electron chi connectivity index (χ4n) is 4.84. The van der Waals surface area contributed by atoms with Gasteiger partial charge in [0, 0.05) is 19.6 Å². The summed E-state index contributed by atoms with van der Waals surface area (Å²) in [5.41, 5.74) is 2.31. The molecule has 1 atom stereocenters. The number of ketones is 1. The number of carbonyl (C=O) groups is 1. The Morgan fingerprint density at radius 1 is 1.24 bits per heavy atom. The molecule has 0 spiro atoms. The van der Waals surface area contributed by atoms with Crippen LogP contribution in [0.4, 0.5) is 4.39 Å². The second kappa shape index (κ2) is 8.24. The summed E-state index contributed by atoms with van der Waals surface area (Å²) in [6, 6.07) is 6.04. The van der Waals surface area contributed by atoms with Crippen molar-refractivity contribution in [2.45, 2.75) is 44.7 Å². The van der Waals surface area contributed by atoms with E-state index >= 15 is 0 Å². The van der Waals surface area contributed by atoms with E-state index in [-0.39, 0.29) is 29.7 Å². The number of piperidine rings is 1. The molecule has 178 valence electrons. The van der Waals surface area contributed by atoms with Crippen molar-refractivity contribution >= 4 is 21.9 Å². The van der Waals surface area contributed by atoms with Crippen molar-refractivity contribution in [1.82, 2.24) is 29.1 Å². The predicted molar refractivity (Wildman–Crippen MR) is 122 cm³/mol. The van der Waals surface area contributed by atoms with Crippen molar-refractivity contribution in [1.29, 1.82) is 0 Å². The van der Waals surface area contributed by atoms with Gasteiger partial charge in [-0.1, -0.05) is 17.7 Å². The predicted octanol–water partition coefficient (Wildman–Crippen LogP) is 2.62. The fourth-order valence-corrected chi connectivity index (χ4v) is 6.22. The van der Waals surface area contributed by atoms with Gasteiger partial charge < -0.3 is 0 Å². The van der Waals surface area contributed by atoms with Gasteiger partial charge >= 0.3 is 0 Å². The SMILES string of the molecule is CCCn1cc(S(=O)(=O)N2CCC3=Cc4c(cnn4-c4ccc(F)cc4)C[C@]3(C(C)=O)C2)nn1. The standard InChI is InChI=1S/C23H25FN6O3S/c1-3-9-28-14-22(26-27-28)34(32,33)29-10-8-18-11-21-17(12-23(18,15-29)16(2)31)13-25-30(21)20-6-4-19(24)5-7-20/h4-7,11,13-14H,3,8-10,12,15H2,1-2H3/t23-/m1/s1. The maximum atomic E-state index is 13.4. The van der Waals surface area contributed by atoms with Crippen LogP contribution in [0.1, 0.15) is 37.9 Å². The molecule has 2 aromatic heterocycles. The van der Waals surface area contributed by atoms with Crippen molar-refractivity contribution < 1.29 is 17.6 Å². The van der Waals surface area contributed by atoms with Crippen LogP contribution in [-0.4, -0.2) is 56.4 Å². The highest BCUT2D eigenvalue weighted by atomic mass is 32.2. The van der Waals surface area contributed by atoms with Gasteiger partial charge in [0.1, 0.15) is 11.6 Å². The Bertz CT molecular complexity index is 1390. The highest BCUT2D eigenvalue weighted by molar-refractivity contribution is 7.89.